The van der Waals surface area contributed by atoms with E-state index in [1.165, 1.54) is 67.2 Å². The summed E-state index contributed by atoms with van der Waals surface area (Å²) < 4.78 is 32.1. The predicted molar refractivity (Wildman–Crippen MR) is 123 cm³/mol. The molecule has 168 valence electrons. The summed E-state index contributed by atoms with van der Waals surface area (Å²) >= 11 is 1.22. The maximum absolute atomic E-state index is 12.6. The summed E-state index contributed by atoms with van der Waals surface area (Å²) in [5.74, 6) is -0.933. The van der Waals surface area contributed by atoms with Crippen LogP contribution < -0.4 is 10.0 Å². The number of esters is 1. The van der Waals surface area contributed by atoms with Gasteiger partial charge in [-0.2, -0.15) is 0 Å². The number of carbonyl (C=O) groups excluding carboxylic acids is 2. The fourth-order valence-electron chi connectivity index (χ4n) is 2.82. The highest BCUT2D eigenvalue weighted by Crippen LogP contribution is 2.26. The number of nitrogens with zero attached hydrogens (tertiary/aromatic N) is 2. The molecule has 0 saturated carbocycles. The molecule has 0 atom stereocenters. The maximum atomic E-state index is 12.6. The van der Waals surface area contributed by atoms with Crippen LogP contribution in [-0.4, -0.2) is 42.4 Å². The van der Waals surface area contributed by atoms with Gasteiger partial charge in [-0.25, -0.2) is 18.2 Å². The number of pyridine rings is 1. The van der Waals surface area contributed by atoms with Gasteiger partial charge < -0.3 is 9.72 Å². The Kier molecular flexibility index (Phi) is 6.20. The second-order valence-corrected chi connectivity index (χ2v) is 9.19. The molecular weight excluding hydrogens is 466 g/mol. The molecule has 0 aliphatic heterocycles. The van der Waals surface area contributed by atoms with Crippen LogP contribution in [0.3, 0.4) is 0 Å². The van der Waals surface area contributed by atoms with Crippen LogP contribution in [0.5, 0.6) is 0 Å². The molecule has 0 radical (unpaired) electrons. The zero-order valence-electron chi connectivity index (χ0n) is 17.1. The van der Waals surface area contributed by atoms with E-state index in [1.807, 2.05) is 0 Å². The van der Waals surface area contributed by atoms with Gasteiger partial charge in [0, 0.05) is 35.1 Å². The first kappa shape index (κ1) is 22.2. The molecule has 1 aromatic carbocycles. The third-order valence-electron chi connectivity index (χ3n) is 4.47. The molecule has 4 aromatic rings. The van der Waals surface area contributed by atoms with Crippen molar-refractivity contribution in [1.29, 1.82) is 0 Å². The van der Waals surface area contributed by atoms with Crippen LogP contribution in [0, 0.1) is 0 Å². The summed E-state index contributed by atoms with van der Waals surface area (Å²) in [7, 11) is -2.51. The monoisotopic (exact) mass is 483 g/mol. The van der Waals surface area contributed by atoms with Gasteiger partial charge in [0.05, 0.1) is 23.4 Å². The maximum Gasteiger partial charge on any atom is 0.354 e. The lowest BCUT2D eigenvalue weighted by molar-refractivity contribution is 0.0594. The molecule has 0 saturated heterocycles. The topological polar surface area (TPSA) is 143 Å². The van der Waals surface area contributed by atoms with Crippen molar-refractivity contribution in [2.24, 2.45) is 0 Å². The molecule has 0 aliphatic carbocycles. The van der Waals surface area contributed by atoms with E-state index in [-0.39, 0.29) is 10.5 Å². The Balaban J connectivity index is 1.43. The average Bonchev–Trinajstić information content (AvgIpc) is 3.49. The lowest BCUT2D eigenvalue weighted by Crippen LogP contribution is -2.14. The van der Waals surface area contributed by atoms with Gasteiger partial charge in [-0.1, -0.05) is 0 Å². The number of rotatable bonds is 7. The summed E-state index contributed by atoms with van der Waals surface area (Å²) in [5, 5.41) is 4.77. The van der Waals surface area contributed by atoms with Crippen LogP contribution >= 0.6 is 11.3 Å². The summed E-state index contributed by atoms with van der Waals surface area (Å²) in [6.07, 6.45) is 4.57. The van der Waals surface area contributed by atoms with Gasteiger partial charge >= 0.3 is 5.97 Å². The molecule has 3 aromatic heterocycles. The number of H-pyrrole nitrogens is 1. The normalized spacial score (nSPS) is 11.1. The van der Waals surface area contributed by atoms with Gasteiger partial charge in [-0.05, 0) is 42.5 Å². The minimum absolute atomic E-state index is 0.0151. The highest BCUT2D eigenvalue weighted by atomic mass is 32.2. The van der Waals surface area contributed by atoms with Crippen molar-refractivity contribution in [2.45, 2.75) is 4.90 Å². The number of thiazole rings is 1. The van der Waals surface area contributed by atoms with Gasteiger partial charge in [-0.3, -0.25) is 19.8 Å². The molecule has 1 amide bonds. The SMILES string of the molecule is COC(=O)c1cc(-c2csc(NC(=O)c3ccc(S(=O)(=O)Nc4ccncc4)cc3)n2)c[nH]1. The first-order valence-corrected chi connectivity index (χ1v) is 11.8. The van der Waals surface area contributed by atoms with Crippen molar-refractivity contribution >= 4 is 44.1 Å². The quantitative estimate of drug-likeness (QED) is 0.342. The summed E-state index contributed by atoms with van der Waals surface area (Å²) in [4.78, 5) is 35.1. The largest absolute Gasteiger partial charge is 0.464 e. The minimum Gasteiger partial charge on any atom is -0.464 e. The summed E-state index contributed by atoms with van der Waals surface area (Å²) in [5.41, 5.74) is 2.19. The van der Waals surface area contributed by atoms with E-state index in [1.54, 1.807) is 17.6 Å². The second kappa shape index (κ2) is 9.22. The molecule has 12 heteroatoms. The molecule has 0 unspecified atom stereocenters. The lowest BCUT2D eigenvalue weighted by atomic mass is 10.2. The molecule has 3 heterocycles. The Morgan fingerprint density at radius 2 is 1.82 bits per heavy atom. The minimum atomic E-state index is -3.80. The van der Waals surface area contributed by atoms with Gasteiger partial charge in [-0.15, -0.1) is 11.3 Å². The third kappa shape index (κ3) is 5.07. The Morgan fingerprint density at radius 1 is 1.09 bits per heavy atom. The first-order chi connectivity index (χ1) is 15.9. The van der Waals surface area contributed by atoms with Crippen molar-refractivity contribution in [1.82, 2.24) is 15.0 Å². The standard InChI is InChI=1S/C21H17N5O5S2/c1-31-20(28)17-10-14(11-23-17)18-12-32-21(24-18)25-19(27)13-2-4-16(5-3-13)33(29,30)26-15-6-8-22-9-7-15/h2-12,23H,1H3,(H,22,26)(H,24,25,27). The number of aromatic nitrogens is 3. The van der Waals surface area contributed by atoms with Gasteiger partial charge in [0.25, 0.3) is 15.9 Å². The number of amides is 1. The van der Waals surface area contributed by atoms with E-state index in [9.17, 15) is 18.0 Å². The van der Waals surface area contributed by atoms with Crippen molar-refractivity contribution in [2.75, 3.05) is 17.1 Å². The number of nitrogens with one attached hydrogen (secondary N) is 3. The number of carbonyl (C=O) groups is 2. The van der Waals surface area contributed by atoms with E-state index in [4.69, 9.17) is 0 Å². The number of aromatic amines is 1. The zero-order chi connectivity index (χ0) is 23.4. The average molecular weight is 484 g/mol. The van der Waals surface area contributed by atoms with Crippen molar-refractivity contribution in [3.8, 4) is 11.3 Å². The molecule has 0 bridgehead atoms. The highest BCUT2D eigenvalue weighted by molar-refractivity contribution is 7.92. The van der Waals surface area contributed by atoms with E-state index in [2.05, 4.69) is 29.7 Å². The number of hydrogen-bond acceptors (Lipinski definition) is 8. The zero-order valence-corrected chi connectivity index (χ0v) is 18.7. The molecule has 4 rings (SSSR count). The predicted octanol–water partition coefficient (Wildman–Crippen LogP) is 3.37. The number of sulfonamides is 1. The lowest BCUT2D eigenvalue weighted by Gasteiger charge is -2.08. The smallest absolute Gasteiger partial charge is 0.354 e. The second-order valence-electron chi connectivity index (χ2n) is 6.65. The van der Waals surface area contributed by atoms with Crippen LogP contribution in [0.25, 0.3) is 11.3 Å². The molecule has 0 fully saturated rings. The van der Waals surface area contributed by atoms with E-state index in [0.717, 1.165) is 0 Å². The first-order valence-electron chi connectivity index (χ1n) is 9.42. The molecule has 0 spiro atoms. The van der Waals surface area contributed by atoms with E-state index >= 15 is 0 Å². The third-order valence-corrected chi connectivity index (χ3v) is 6.62. The Labute approximate surface area is 192 Å². The number of benzene rings is 1. The number of anilines is 2. The molecule has 0 aliphatic rings. The van der Waals surface area contributed by atoms with Crippen molar-refractivity contribution in [3.63, 3.8) is 0 Å². The van der Waals surface area contributed by atoms with Gasteiger partial charge in [0.15, 0.2) is 5.13 Å². The van der Waals surface area contributed by atoms with Crippen LogP contribution in [0.15, 0.2) is 71.3 Å². The fraction of sp³-hybridized carbons (Fsp3) is 0.0476. The number of ether oxygens (including phenoxy) is 1. The Morgan fingerprint density at radius 3 is 2.52 bits per heavy atom. The highest BCUT2D eigenvalue weighted by Gasteiger charge is 2.17. The summed E-state index contributed by atoms with van der Waals surface area (Å²) in [6, 6.07) is 10.2. The van der Waals surface area contributed by atoms with Crippen LogP contribution in [-0.2, 0) is 14.8 Å². The molecule has 33 heavy (non-hydrogen) atoms. The molecule has 10 nitrogen and oxygen atoms in total. The van der Waals surface area contributed by atoms with E-state index in [0.29, 0.717) is 27.8 Å². The van der Waals surface area contributed by atoms with Crippen molar-refractivity contribution < 1.29 is 22.7 Å². The van der Waals surface area contributed by atoms with Gasteiger partial charge in [0.2, 0.25) is 0 Å². The number of methoxy groups -OCH3 is 1. The Bertz CT molecular complexity index is 1400. The molecule has 3 N–H and O–H groups in total. The van der Waals surface area contributed by atoms with Crippen LogP contribution in [0.2, 0.25) is 0 Å². The van der Waals surface area contributed by atoms with Crippen LogP contribution in [0.4, 0.5) is 10.8 Å². The van der Waals surface area contributed by atoms with Crippen molar-refractivity contribution in [3.05, 3.63) is 77.7 Å². The Hall–Kier alpha value is -4.03. The number of hydrogen-bond donors (Lipinski definition) is 3. The van der Waals surface area contributed by atoms with Gasteiger partial charge in [0.1, 0.15) is 5.69 Å². The van der Waals surface area contributed by atoms with E-state index < -0.39 is 21.9 Å². The fourth-order valence-corrected chi connectivity index (χ4v) is 4.60. The van der Waals surface area contributed by atoms with Crippen LogP contribution in [0.1, 0.15) is 20.8 Å². The summed E-state index contributed by atoms with van der Waals surface area (Å²) in [6.45, 7) is 0. The molecular formula is C21H17N5O5S2.